The average molecular weight is 200 g/mol. The highest BCUT2D eigenvalue weighted by Gasteiger charge is 2.30. The van der Waals surface area contributed by atoms with E-state index in [4.69, 9.17) is 10.5 Å². The number of ether oxygens (including phenoxy) is 1. The van der Waals surface area contributed by atoms with Crippen molar-refractivity contribution in [2.75, 3.05) is 0 Å². The lowest BCUT2D eigenvalue weighted by Crippen LogP contribution is -2.42. The van der Waals surface area contributed by atoms with Crippen LogP contribution in [-0.2, 0) is 9.53 Å². The molecule has 0 bridgehead atoms. The van der Waals surface area contributed by atoms with Crippen LogP contribution in [0.5, 0.6) is 0 Å². The van der Waals surface area contributed by atoms with Gasteiger partial charge < -0.3 is 15.8 Å². The molecule has 0 aliphatic heterocycles. The van der Waals surface area contributed by atoms with Gasteiger partial charge in [-0.3, -0.25) is 4.79 Å². The van der Waals surface area contributed by atoms with E-state index in [2.05, 4.69) is 5.32 Å². The molecule has 5 heteroatoms. The van der Waals surface area contributed by atoms with Crippen molar-refractivity contribution in [3.63, 3.8) is 0 Å². The molecule has 0 saturated heterocycles. The summed E-state index contributed by atoms with van der Waals surface area (Å²) in [5, 5.41) is 2.77. The van der Waals surface area contributed by atoms with Crippen LogP contribution in [0.3, 0.4) is 0 Å². The molecule has 1 atom stereocenters. The SMILES string of the molecule is CC(C)C(OC(N)=O)C(=O)NC1CC1. The summed E-state index contributed by atoms with van der Waals surface area (Å²) in [4.78, 5) is 22.1. The highest BCUT2D eigenvalue weighted by Crippen LogP contribution is 2.19. The first kappa shape index (κ1) is 10.8. The van der Waals surface area contributed by atoms with Gasteiger partial charge in [0.05, 0.1) is 0 Å². The van der Waals surface area contributed by atoms with Crippen molar-refractivity contribution >= 4 is 12.0 Å². The lowest BCUT2D eigenvalue weighted by molar-refractivity contribution is -0.131. The van der Waals surface area contributed by atoms with Crippen molar-refractivity contribution in [1.29, 1.82) is 0 Å². The third-order valence-corrected chi connectivity index (χ3v) is 2.03. The van der Waals surface area contributed by atoms with Crippen molar-refractivity contribution in [3.8, 4) is 0 Å². The number of hydrogen-bond donors (Lipinski definition) is 2. The summed E-state index contributed by atoms with van der Waals surface area (Å²) in [5.74, 6) is -0.317. The molecule has 1 unspecified atom stereocenters. The molecule has 0 aromatic carbocycles. The Morgan fingerprint density at radius 2 is 2.00 bits per heavy atom. The molecule has 0 aromatic heterocycles. The number of carbonyl (C=O) groups is 2. The molecule has 2 amide bonds. The molecule has 0 heterocycles. The first-order chi connectivity index (χ1) is 6.50. The Balaban J connectivity index is 2.46. The number of amides is 2. The number of nitrogens with two attached hydrogens (primary N) is 1. The number of primary amides is 1. The Morgan fingerprint density at radius 1 is 1.43 bits per heavy atom. The Kier molecular flexibility index (Phi) is 3.33. The summed E-state index contributed by atoms with van der Waals surface area (Å²) in [7, 11) is 0. The zero-order valence-electron chi connectivity index (χ0n) is 8.45. The summed E-state index contributed by atoms with van der Waals surface area (Å²) in [5.41, 5.74) is 4.87. The largest absolute Gasteiger partial charge is 0.436 e. The van der Waals surface area contributed by atoms with E-state index in [0.717, 1.165) is 12.8 Å². The van der Waals surface area contributed by atoms with Gasteiger partial charge in [0, 0.05) is 6.04 Å². The van der Waals surface area contributed by atoms with Crippen molar-refractivity contribution in [3.05, 3.63) is 0 Å². The lowest BCUT2D eigenvalue weighted by Gasteiger charge is -2.19. The Morgan fingerprint density at radius 3 is 2.36 bits per heavy atom. The molecule has 1 fully saturated rings. The van der Waals surface area contributed by atoms with Gasteiger partial charge in [0.25, 0.3) is 5.91 Å². The van der Waals surface area contributed by atoms with Gasteiger partial charge in [-0.2, -0.15) is 0 Å². The molecule has 80 valence electrons. The van der Waals surface area contributed by atoms with E-state index in [1.54, 1.807) is 13.8 Å². The van der Waals surface area contributed by atoms with Gasteiger partial charge in [-0.15, -0.1) is 0 Å². The van der Waals surface area contributed by atoms with E-state index >= 15 is 0 Å². The minimum Gasteiger partial charge on any atom is -0.436 e. The number of nitrogens with one attached hydrogen (secondary N) is 1. The third-order valence-electron chi connectivity index (χ3n) is 2.03. The van der Waals surface area contributed by atoms with Crippen LogP contribution in [0.15, 0.2) is 0 Å². The van der Waals surface area contributed by atoms with E-state index in [0.29, 0.717) is 0 Å². The van der Waals surface area contributed by atoms with E-state index in [1.807, 2.05) is 0 Å². The first-order valence-electron chi connectivity index (χ1n) is 4.77. The van der Waals surface area contributed by atoms with E-state index in [1.165, 1.54) is 0 Å². The molecule has 1 saturated carbocycles. The van der Waals surface area contributed by atoms with Crippen LogP contribution in [0.1, 0.15) is 26.7 Å². The molecule has 0 aromatic rings. The smallest absolute Gasteiger partial charge is 0.405 e. The number of hydrogen-bond acceptors (Lipinski definition) is 3. The lowest BCUT2D eigenvalue weighted by atomic mass is 10.1. The second-order valence-corrected chi connectivity index (χ2v) is 3.88. The first-order valence-corrected chi connectivity index (χ1v) is 4.77. The van der Waals surface area contributed by atoms with Crippen LogP contribution >= 0.6 is 0 Å². The highest BCUT2D eigenvalue weighted by atomic mass is 16.6. The Hall–Kier alpha value is -1.26. The number of carbonyl (C=O) groups excluding carboxylic acids is 2. The average Bonchev–Trinajstić information content (AvgIpc) is 2.82. The molecule has 1 aliphatic carbocycles. The van der Waals surface area contributed by atoms with Crippen molar-refractivity contribution in [2.45, 2.75) is 38.8 Å². The predicted octanol–water partition coefficient (Wildman–Crippen LogP) is 0.385. The zero-order valence-corrected chi connectivity index (χ0v) is 8.45. The quantitative estimate of drug-likeness (QED) is 0.688. The summed E-state index contributed by atoms with van der Waals surface area (Å²) in [6, 6.07) is 0.264. The fourth-order valence-electron chi connectivity index (χ4n) is 1.13. The van der Waals surface area contributed by atoms with Crippen LogP contribution < -0.4 is 11.1 Å². The minimum absolute atomic E-state index is 0.0683. The molecule has 14 heavy (non-hydrogen) atoms. The fraction of sp³-hybridized carbons (Fsp3) is 0.778. The predicted molar refractivity (Wildman–Crippen MR) is 50.5 cm³/mol. The maximum absolute atomic E-state index is 11.5. The van der Waals surface area contributed by atoms with Gasteiger partial charge in [-0.25, -0.2) is 4.79 Å². The molecule has 1 rings (SSSR count). The molecular weight excluding hydrogens is 184 g/mol. The van der Waals surface area contributed by atoms with Crippen molar-refractivity contribution in [2.24, 2.45) is 11.7 Å². The summed E-state index contributed by atoms with van der Waals surface area (Å²) in [6.07, 6.45) is 0.336. The second kappa shape index (κ2) is 4.30. The molecule has 0 spiro atoms. The van der Waals surface area contributed by atoms with Crippen LogP contribution in [-0.4, -0.2) is 24.1 Å². The zero-order chi connectivity index (χ0) is 10.7. The monoisotopic (exact) mass is 200 g/mol. The second-order valence-electron chi connectivity index (χ2n) is 3.88. The van der Waals surface area contributed by atoms with Gasteiger partial charge in [-0.05, 0) is 18.8 Å². The van der Waals surface area contributed by atoms with Crippen LogP contribution in [0.2, 0.25) is 0 Å². The molecule has 0 radical (unpaired) electrons. The van der Waals surface area contributed by atoms with Crippen LogP contribution in [0.25, 0.3) is 0 Å². The maximum Gasteiger partial charge on any atom is 0.405 e. The van der Waals surface area contributed by atoms with Crippen molar-refractivity contribution < 1.29 is 14.3 Å². The summed E-state index contributed by atoms with van der Waals surface area (Å²) < 4.78 is 4.73. The Labute approximate surface area is 83.0 Å². The summed E-state index contributed by atoms with van der Waals surface area (Å²) in [6.45, 7) is 3.61. The van der Waals surface area contributed by atoms with Gasteiger partial charge in [0.1, 0.15) is 0 Å². The minimum atomic E-state index is -0.908. The van der Waals surface area contributed by atoms with Crippen molar-refractivity contribution in [1.82, 2.24) is 5.32 Å². The van der Waals surface area contributed by atoms with E-state index in [9.17, 15) is 9.59 Å². The van der Waals surface area contributed by atoms with E-state index < -0.39 is 12.2 Å². The van der Waals surface area contributed by atoms with Gasteiger partial charge >= 0.3 is 6.09 Å². The van der Waals surface area contributed by atoms with Gasteiger partial charge in [0.2, 0.25) is 0 Å². The normalized spacial score (nSPS) is 17.6. The molecule has 3 N–H and O–H groups in total. The van der Waals surface area contributed by atoms with Gasteiger partial charge in [-0.1, -0.05) is 13.8 Å². The molecule has 1 aliphatic rings. The van der Waals surface area contributed by atoms with E-state index in [-0.39, 0.29) is 17.9 Å². The van der Waals surface area contributed by atoms with Crippen LogP contribution in [0, 0.1) is 5.92 Å². The Bertz CT molecular complexity index is 236. The summed E-state index contributed by atoms with van der Waals surface area (Å²) >= 11 is 0. The standard InChI is InChI=1S/C9H16N2O3/c1-5(2)7(14-9(10)13)8(12)11-6-3-4-6/h5-7H,3-4H2,1-2H3,(H2,10,13)(H,11,12). The van der Waals surface area contributed by atoms with Gasteiger partial charge in [0.15, 0.2) is 6.10 Å². The molecular formula is C9H16N2O3. The maximum atomic E-state index is 11.5. The topological polar surface area (TPSA) is 81.4 Å². The third kappa shape index (κ3) is 3.24. The fourth-order valence-corrected chi connectivity index (χ4v) is 1.13. The van der Waals surface area contributed by atoms with Crippen LogP contribution in [0.4, 0.5) is 4.79 Å². The highest BCUT2D eigenvalue weighted by molar-refractivity contribution is 5.83. The molecule has 5 nitrogen and oxygen atoms in total. The number of rotatable bonds is 4.